The highest BCUT2D eigenvalue weighted by Crippen LogP contribution is 2.41. The quantitative estimate of drug-likeness (QED) is 0.715. The van der Waals surface area contributed by atoms with Gasteiger partial charge < -0.3 is 4.74 Å². The van der Waals surface area contributed by atoms with Gasteiger partial charge in [0.05, 0.1) is 7.11 Å². The number of halogens is 1. The van der Waals surface area contributed by atoms with Gasteiger partial charge in [0.25, 0.3) is 5.66 Å². The van der Waals surface area contributed by atoms with E-state index < -0.39 is 0 Å². The molecule has 1 aliphatic heterocycles. The van der Waals surface area contributed by atoms with Crippen LogP contribution >= 0.6 is 11.6 Å². The summed E-state index contributed by atoms with van der Waals surface area (Å²) in [5, 5.41) is 0.771. The highest BCUT2D eigenvalue weighted by atomic mass is 35.5. The van der Waals surface area contributed by atoms with Gasteiger partial charge in [0.15, 0.2) is 0 Å². The number of methoxy groups -OCH3 is 1. The zero-order chi connectivity index (χ0) is 16.3. The van der Waals surface area contributed by atoms with Crippen LogP contribution in [0.4, 0.5) is 0 Å². The van der Waals surface area contributed by atoms with Crippen molar-refractivity contribution in [2.75, 3.05) is 20.2 Å². The predicted molar refractivity (Wildman–Crippen MR) is 94.0 cm³/mol. The predicted octanol–water partition coefficient (Wildman–Crippen LogP) is 5.11. The van der Waals surface area contributed by atoms with Crippen LogP contribution in [0.3, 0.4) is 0 Å². The molecule has 0 unspecified atom stereocenters. The molecule has 2 fully saturated rings. The molecule has 124 valence electrons. The van der Waals surface area contributed by atoms with Crippen molar-refractivity contribution in [1.29, 1.82) is 0 Å². The number of rotatable bonds is 3. The van der Waals surface area contributed by atoms with E-state index in [0.29, 0.717) is 5.92 Å². The minimum Gasteiger partial charge on any atom is -0.496 e. The van der Waals surface area contributed by atoms with E-state index in [9.17, 15) is 0 Å². The van der Waals surface area contributed by atoms with E-state index in [2.05, 4.69) is 9.74 Å². The molecule has 1 aliphatic carbocycles. The average molecular weight is 333 g/mol. The lowest BCUT2D eigenvalue weighted by Crippen LogP contribution is -2.50. The lowest BCUT2D eigenvalue weighted by atomic mass is 9.83. The molecule has 0 N–H and O–H groups in total. The first-order valence-electron chi connectivity index (χ1n) is 8.65. The Labute approximate surface area is 144 Å². The van der Waals surface area contributed by atoms with Gasteiger partial charge in [-0.15, -0.1) is 0 Å². The third-order valence-electron chi connectivity index (χ3n) is 5.58. The van der Waals surface area contributed by atoms with Gasteiger partial charge in [-0.2, -0.15) is 0 Å². The monoisotopic (exact) mass is 332 g/mol. The lowest BCUT2D eigenvalue weighted by Gasteiger charge is -2.41. The van der Waals surface area contributed by atoms with E-state index >= 15 is 0 Å². The van der Waals surface area contributed by atoms with Crippen molar-refractivity contribution in [3.63, 3.8) is 0 Å². The maximum atomic E-state index is 7.73. The number of hydrogen-bond donors (Lipinski definition) is 0. The van der Waals surface area contributed by atoms with Gasteiger partial charge in [-0.1, -0.05) is 18.0 Å². The summed E-state index contributed by atoms with van der Waals surface area (Å²) in [6.45, 7) is 9.74. The summed E-state index contributed by atoms with van der Waals surface area (Å²) in [6.07, 6.45) is 7.92. The Bertz CT molecular complexity index is 582. The molecular weight excluding hydrogens is 308 g/mol. The fourth-order valence-electron chi connectivity index (χ4n) is 4.25. The normalized spacial score (nSPS) is 22.5. The highest BCUT2D eigenvalue weighted by molar-refractivity contribution is 6.30. The van der Waals surface area contributed by atoms with Gasteiger partial charge in [-0.05, 0) is 55.4 Å². The Morgan fingerprint density at radius 3 is 2.52 bits per heavy atom. The first-order valence-corrected chi connectivity index (χ1v) is 9.03. The summed E-state index contributed by atoms with van der Waals surface area (Å²) in [5.74, 6) is 1.41. The second-order valence-electron chi connectivity index (χ2n) is 6.80. The van der Waals surface area contributed by atoms with Crippen molar-refractivity contribution in [1.82, 2.24) is 4.90 Å². The van der Waals surface area contributed by atoms with Gasteiger partial charge >= 0.3 is 0 Å². The fourth-order valence-corrected chi connectivity index (χ4v) is 4.43. The van der Waals surface area contributed by atoms with Gasteiger partial charge in [-0.3, -0.25) is 4.85 Å². The summed E-state index contributed by atoms with van der Waals surface area (Å²) in [6, 6.07) is 5.90. The molecule has 4 heteroatoms. The highest BCUT2D eigenvalue weighted by Gasteiger charge is 2.45. The molecule has 2 aliphatic rings. The molecule has 0 aromatic heterocycles. The first kappa shape index (κ1) is 16.6. The summed E-state index contributed by atoms with van der Waals surface area (Å²) in [7, 11) is 1.72. The van der Waals surface area contributed by atoms with E-state index in [1.165, 1.54) is 24.8 Å². The Kier molecular flexibility index (Phi) is 5.14. The van der Waals surface area contributed by atoms with Crippen LogP contribution in [0.25, 0.3) is 4.85 Å². The molecule has 1 heterocycles. The van der Waals surface area contributed by atoms with Crippen molar-refractivity contribution in [2.45, 2.75) is 56.5 Å². The maximum Gasteiger partial charge on any atom is 0.288 e. The Hall–Kier alpha value is -1.24. The van der Waals surface area contributed by atoms with Crippen LogP contribution in [0.5, 0.6) is 5.75 Å². The van der Waals surface area contributed by atoms with Gasteiger partial charge in [0, 0.05) is 31.0 Å². The first-order chi connectivity index (χ1) is 11.2. The summed E-state index contributed by atoms with van der Waals surface area (Å²) < 4.78 is 5.52. The summed E-state index contributed by atoms with van der Waals surface area (Å²) in [4.78, 5) is 6.53. The second-order valence-corrected chi connectivity index (χ2v) is 7.24. The standard InChI is InChI=1S/C19H25ClN2O/c1-21-19(10-4-3-5-11-19)22-12-8-15(9-13-22)17-14-16(20)6-7-18(17)23-2/h6-7,14-15H,3-5,8-13H2,2H3. The zero-order valence-electron chi connectivity index (χ0n) is 13.9. The number of likely N-dealkylation sites (tertiary alicyclic amines) is 1. The van der Waals surface area contributed by atoms with Gasteiger partial charge in [0.2, 0.25) is 0 Å². The van der Waals surface area contributed by atoms with Crippen LogP contribution in [0.2, 0.25) is 5.02 Å². The van der Waals surface area contributed by atoms with Gasteiger partial charge in [-0.25, -0.2) is 11.5 Å². The SMILES string of the molecule is [C-]#[N+]C1(N2CCC(c3cc(Cl)ccc3OC)CC2)CCCCC1. The van der Waals surface area contributed by atoms with Crippen molar-refractivity contribution in [2.24, 2.45) is 0 Å². The number of piperidine rings is 1. The third-order valence-corrected chi connectivity index (χ3v) is 5.81. The maximum absolute atomic E-state index is 7.73. The molecule has 0 radical (unpaired) electrons. The topological polar surface area (TPSA) is 16.8 Å². The van der Waals surface area contributed by atoms with Crippen molar-refractivity contribution >= 4 is 11.6 Å². The molecule has 1 aromatic carbocycles. The fraction of sp³-hybridized carbons (Fsp3) is 0.632. The number of nitrogens with zero attached hydrogens (tertiary/aromatic N) is 2. The van der Waals surface area contributed by atoms with Crippen LogP contribution in [0.15, 0.2) is 18.2 Å². The average Bonchev–Trinajstić information content (AvgIpc) is 2.62. The van der Waals surface area contributed by atoms with E-state index in [1.807, 2.05) is 18.2 Å². The largest absolute Gasteiger partial charge is 0.496 e. The molecule has 3 nitrogen and oxygen atoms in total. The molecule has 0 spiro atoms. The van der Waals surface area contributed by atoms with Crippen LogP contribution in [-0.2, 0) is 0 Å². The molecule has 0 bridgehead atoms. The molecular formula is C19H25ClN2O. The molecule has 1 aromatic rings. The Morgan fingerprint density at radius 2 is 1.91 bits per heavy atom. The number of ether oxygens (including phenoxy) is 1. The molecule has 1 saturated carbocycles. The minimum atomic E-state index is -0.221. The van der Waals surface area contributed by atoms with Crippen LogP contribution in [0, 0.1) is 6.57 Å². The Balaban J connectivity index is 1.71. The smallest absolute Gasteiger partial charge is 0.288 e. The molecule has 1 saturated heterocycles. The minimum absolute atomic E-state index is 0.221. The van der Waals surface area contributed by atoms with E-state index in [-0.39, 0.29) is 5.66 Å². The van der Waals surface area contributed by atoms with E-state index in [0.717, 1.165) is 49.5 Å². The number of hydrogen-bond acceptors (Lipinski definition) is 2. The van der Waals surface area contributed by atoms with Crippen LogP contribution in [-0.4, -0.2) is 30.8 Å². The molecule has 3 rings (SSSR count). The molecule has 0 amide bonds. The van der Waals surface area contributed by atoms with E-state index in [1.54, 1.807) is 7.11 Å². The van der Waals surface area contributed by atoms with E-state index in [4.69, 9.17) is 22.9 Å². The number of benzene rings is 1. The van der Waals surface area contributed by atoms with Crippen molar-refractivity contribution in [3.05, 3.63) is 40.2 Å². The second kappa shape index (κ2) is 7.11. The van der Waals surface area contributed by atoms with Crippen LogP contribution in [0.1, 0.15) is 56.4 Å². The third kappa shape index (κ3) is 3.34. The zero-order valence-corrected chi connectivity index (χ0v) is 14.6. The molecule has 0 atom stereocenters. The van der Waals surface area contributed by atoms with Crippen LogP contribution < -0.4 is 4.74 Å². The lowest BCUT2D eigenvalue weighted by molar-refractivity contribution is 0.0634. The summed E-state index contributed by atoms with van der Waals surface area (Å²) in [5.41, 5.74) is 1.00. The Morgan fingerprint density at radius 1 is 1.22 bits per heavy atom. The van der Waals surface area contributed by atoms with Crippen molar-refractivity contribution < 1.29 is 4.74 Å². The summed E-state index contributed by atoms with van der Waals surface area (Å²) >= 11 is 6.18. The molecule has 23 heavy (non-hydrogen) atoms. The van der Waals surface area contributed by atoms with Crippen molar-refractivity contribution in [3.8, 4) is 5.75 Å². The van der Waals surface area contributed by atoms with Gasteiger partial charge in [0.1, 0.15) is 5.75 Å².